The molecule has 0 unspecified atom stereocenters. The zero-order valence-corrected chi connectivity index (χ0v) is 21.6. The maximum absolute atomic E-state index is 13.2. The highest BCUT2D eigenvalue weighted by Gasteiger charge is 2.26. The molecule has 5 rings (SSSR count). The second-order valence-corrected chi connectivity index (χ2v) is 9.54. The first kappa shape index (κ1) is 24.1. The van der Waals surface area contributed by atoms with Crippen LogP contribution in [0, 0.1) is 0 Å². The summed E-state index contributed by atoms with van der Waals surface area (Å²) in [5.74, 6) is 0.664. The fourth-order valence-electron chi connectivity index (χ4n) is 4.46. The number of rotatable bonds is 4. The van der Waals surface area contributed by atoms with Crippen LogP contribution in [0.3, 0.4) is 0 Å². The number of para-hydroxylation sites is 1. The van der Waals surface area contributed by atoms with Crippen LogP contribution in [0.4, 0.5) is 11.6 Å². The SMILES string of the molecule is Cn1c(=O)c2c(nc(N3CCN(C(=S)Nc4ccccc4Cl)CC3)n2Cc2ccccc2)n(C)c1=O. The van der Waals surface area contributed by atoms with Gasteiger partial charge in [-0.3, -0.25) is 18.5 Å². The van der Waals surface area contributed by atoms with E-state index in [0.717, 1.165) is 15.8 Å². The topological polar surface area (TPSA) is 80.3 Å². The van der Waals surface area contributed by atoms with Crippen LogP contribution < -0.4 is 21.5 Å². The Bertz CT molecular complexity index is 1550. The van der Waals surface area contributed by atoms with Gasteiger partial charge in [-0.05, 0) is 29.9 Å². The number of imidazole rings is 1. The lowest BCUT2D eigenvalue weighted by Gasteiger charge is -2.36. The molecule has 0 atom stereocenters. The third kappa shape index (κ3) is 4.38. The highest BCUT2D eigenvalue weighted by Crippen LogP contribution is 2.24. The number of nitrogens with zero attached hydrogens (tertiary/aromatic N) is 6. The minimum Gasteiger partial charge on any atom is -0.345 e. The molecule has 1 saturated heterocycles. The van der Waals surface area contributed by atoms with Crippen LogP contribution in [0.1, 0.15) is 5.56 Å². The van der Waals surface area contributed by atoms with Gasteiger partial charge in [-0.25, -0.2) is 4.79 Å². The molecule has 2 aromatic carbocycles. The molecule has 1 aliphatic rings. The molecular formula is C25H26ClN7O2S. The molecular weight excluding hydrogens is 498 g/mol. The Labute approximate surface area is 218 Å². The number of piperazine rings is 1. The van der Waals surface area contributed by atoms with Crippen molar-refractivity contribution in [1.82, 2.24) is 23.6 Å². The summed E-state index contributed by atoms with van der Waals surface area (Å²) in [5.41, 5.74) is 1.85. The summed E-state index contributed by atoms with van der Waals surface area (Å²) in [5, 5.41) is 4.45. The van der Waals surface area contributed by atoms with E-state index in [1.54, 1.807) is 7.05 Å². The van der Waals surface area contributed by atoms with Crippen molar-refractivity contribution in [2.75, 3.05) is 36.4 Å². The van der Waals surface area contributed by atoms with Crippen LogP contribution in [0.2, 0.25) is 5.02 Å². The third-order valence-corrected chi connectivity index (χ3v) is 7.17. The average Bonchev–Trinajstić information content (AvgIpc) is 3.27. The van der Waals surface area contributed by atoms with E-state index in [4.69, 9.17) is 28.8 Å². The van der Waals surface area contributed by atoms with Crippen molar-refractivity contribution in [2.45, 2.75) is 6.54 Å². The standard InChI is InChI=1S/C25H26ClN7O2S/c1-29-21-20(22(34)30(2)25(29)35)33(16-17-8-4-3-5-9-17)23(28-21)31-12-14-32(15-13-31)24(36)27-19-11-7-6-10-18(19)26/h3-11H,12-16H2,1-2H3,(H,27,36). The highest BCUT2D eigenvalue weighted by molar-refractivity contribution is 7.80. The number of aryl methyl sites for hydroxylation is 1. The maximum Gasteiger partial charge on any atom is 0.332 e. The number of nitrogens with one attached hydrogen (secondary N) is 1. The first-order valence-electron chi connectivity index (χ1n) is 11.6. The van der Waals surface area contributed by atoms with Gasteiger partial charge in [0.1, 0.15) is 0 Å². The minimum absolute atomic E-state index is 0.355. The number of benzene rings is 2. The van der Waals surface area contributed by atoms with Crippen molar-refractivity contribution in [3.8, 4) is 0 Å². The molecule has 0 radical (unpaired) electrons. The summed E-state index contributed by atoms with van der Waals surface area (Å²) in [7, 11) is 3.14. The molecule has 9 nitrogen and oxygen atoms in total. The van der Waals surface area contributed by atoms with E-state index in [1.807, 2.05) is 59.2 Å². The second kappa shape index (κ2) is 9.79. The second-order valence-electron chi connectivity index (χ2n) is 8.75. The van der Waals surface area contributed by atoms with E-state index in [1.165, 1.54) is 11.6 Å². The Morgan fingerprint density at radius 1 is 0.972 bits per heavy atom. The van der Waals surface area contributed by atoms with Gasteiger partial charge in [0, 0.05) is 40.3 Å². The van der Waals surface area contributed by atoms with E-state index in [0.29, 0.717) is 60.0 Å². The van der Waals surface area contributed by atoms with E-state index >= 15 is 0 Å². The van der Waals surface area contributed by atoms with Crippen LogP contribution in [0.5, 0.6) is 0 Å². The molecule has 4 aromatic rings. The van der Waals surface area contributed by atoms with Crippen molar-refractivity contribution in [3.05, 3.63) is 86.0 Å². The summed E-state index contributed by atoms with van der Waals surface area (Å²) in [6, 6.07) is 17.4. The van der Waals surface area contributed by atoms with Gasteiger partial charge < -0.3 is 15.1 Å². The summed E-state index contributed by atoms with van der Waals surface area (Å²) >= 11 is 11.9. The Balaban J connectivity index is 1.45. The van der Waals surface area contributed by atoms with Gasteiger partial charge in [-0.1, -0.05) is 54.1 Å². The normalized spacial score (nSPS) is 13.9. The van der Waals surface area contributed by atoms with Crippen molar-refractivity contribution in [2.24, 2.45) is 14.1 Å². The lowest BCUT2D eigenvalue weighted by atomic mass is 10.2. The third-order valence-electron chi connectivity index (χ3n) is 6.48. The highest BCUT2D eigenvalue weighted by atomic mass is 35.5. The van der Waals surface area contributed by atoms with Crippen molar-refractivity contribution >= 4 is 51.7 Å². The van der Waals surface area contributed by atoms with Crippen LogP contribution in [-0.2, 0) is 20.6 Å². The monoisotopic (exact) mass is 523 g/mol. The van der Waals surface area contributed by atoms with Gasteiger partial charge in [0.05, 0.1) is 17.3 Å². The summed E-state index contributed by atoms with van der Waals surface area (Å²) in [4.78, 5) is 34.8. The molecule has 0 saturated carbocycles. The summed E-state index contributed by atoms with van der Waals surface area (Å²) in [6.45, 7) is 3.10. The van der Waals surface area contributed by atoms with Crippen molar-refractivity contribution in [3.63, 3.8) is 0 Å². The number of anilines is 2. The van der Waals surface area contributed by atoms with E-state index < -0.39 is 5.69 Å². The Kier molecular flexibility index (Phi) is 6.55. The number of halogens is 1. The largest absolute Gasteiger partial charge is 0.345 e. The van der Waals surface area contributed by atoms with E-state index in [2.05, 4.69) is 15.1 Å². The fourth-order valence-corrected chi connectivity index (χ4v) is 4.93. The molecule has 1 N–H and O–H groups in total. The predicted molar refractivity (Wildman–Crippen MR) is 147 cm³/mol. The quantitative estimate of drug-likeness (QED) is 0.412. The smallest absolute Gasteiger partial charge is 0.332 e. The van der Waals surface area contributed by atoms with Gasteiger partial charge in [-0.15, -0.1) is 0 Å². The zero-order chi connectivity index (χ0) is 25.4. The Hall–Kier alpha value is -3.63. The van der Waals surface area contributed by atoms with Crippen molar-refractivity contribution < 1.29 is 0 Å². The van der Waals surface area contributed by atoms with Crippen LogP contribution in [-0.4, -0.2) is 54.9 Å². The molecule has 3 heterocycles. The Morgan fingerprint density at radius 2 is 1.64 bits per heavy atom. The average molecular weight is 524 g/mol. The van der Waals surface area contributed by atoms with Gasteiger partial charge in [0.2, 0.25) is 5.95 Å². The molecule has 0 spiro atoms. The predicted octanol–water partition coefficient (Wildman–Crippen LogP) is 2.65. The molecule has 2 aromatic heterocycles. The maximum atomic E-state index is 13.2. The first-order valence-corrected chi connectivity index (χ1v) is 12.4. The van der Waals surface area contributed by atoms with Crippen LogP contribution in [0.25, 0.3) is 11.2 Å². The molecule has 0 amide bonds. The molecule has 186 valence electrons. The lowest BCUT2D eigenvalue weighted by Crippen LogP contribution is -2.50. The summed E-state index contributed by atoms with van der Waals surface area (Å²) < 4.78 is 4.48. The Morgan fingerprint density at radius 3 is 2.33 bits per heavy atom. The van der Waals surface area contributed by atoms with Gasteiger partial charge in [-0.2, -0.15) is 4.98 Å². The van der Waals surface area contributed by atoms with Gasteiger partial charge in [0.25, 0.3) is 5.56 Å². The van der Waals surface area contributed by atoms with Crippen LogP contribution >= 0.6 is 23.8 Å². The molecule has 0 aliphatic carbocycles. The van der Waals surface area contributed by atoms with Crippen molar-refractivity contribution in [1.29, 1.82) is 0 Å². The summed E-state index contributed by atoms with van der Waals surface area (Å²) in [6.07, 6.45) is 0. The zero-order valence-electron chi connectivity index (χ0n) is 20.0. The number of thiocarbonyl (C=S) groups is 1. The number of fused-ring (bicyclic) bond motifs is 1. The molecule has 11 heteroatoms. The first-order chi connectivity index (χ1) is 17.3. The van der Waals surface area contributed by atoms with Crippen LogP contribution in [0.15, 0.2) is 64.2 Å². The van der Waals surface area contributed by atoms with E-state index in [-0.39, 0.29) is 5.56 Å². The fraction of sp³-hybridized carbons (Fsp3) is 0.280. The number of hydrogen-bond donors (Lipinski definition) is 1. The molecule has 1 aliphatic heterocycles. The molecule has 0 bridgehead atoms. The molecule has 36 heavy (non-hydrogen) atoms. The van der Waals surface area contributed by atoms with Gasteiger partial charge >= 0.3 is 5.69 Å². The number of aromatic nitrogens is 4. The minimum atomic E-state index is -0.399. The van der Waals surface area contributed by atoms with E-state index in [9.17, 15) is 9.59 Å². The number of hydrogen-bond acceptors (Lipinski definition) is 5. The lowest BCUT2D eigenvalue weighted by molar-refractivity contribution is 0.386. The molecule has 1 fully saturated rings. The van der Waals surface area contributed by atoms with Gasteiger partial charge in [0.15, 0.2) is 16.3 Å².